The number of hydrogen-bond acceptors (Lipinski definition) is 3. The summed E-state index contributed by atoms with van der Waals surface area (Å²) in [6, 6.07) is 5.30. The first-order valence-corrected chi connectivity index (χ1v) is 7.89. The van der Waals surface area contributed by atoms with E-state index >= 15 is 0 Å². The predicted molar refractivity (Wildman–Crippen MR) is 86.1 cm³/mol. The lowest BCUT2D eigenvalue weighted by Gasteiger charge is -2.29. The van der Waals surface area contributed by atoms with Crippen molar-refractivity contribution in [3.8, 4) is 0 Å². The summed E-state index contributed by atoms with van der Waals surface area (Å²) in [7, 11) is 0. The molecule has 1 fully saturated rings. The summed E-state index contributed by atoms with van der Waals surface area (Å²) < 4.78 is 0.860. The van der Waals surface area contributed by atoms with Gasteiger partial charge >= 0.3 is 0 Å². The Balaban J connectivity index is 1.84. The number of likely N-dealkylation sites (tertiary alicyclic amines) is 1. The fourth-order valence-electron chi connectivity index (χ4n) is 2.36. The third-order valence-corrected chi connectivity index (χ3v) is 4.37. The molecule has 0 unspecified atom stereocenters. The predicted octanol–water partition coefficient (Wildman–Crippen LogP) is 2.24. The van der Waals surface area contributed by atoms with Gasteiger partial charge in [-0.3, -0.25) is 14.5 Å². The van der Waals surface area contributed by atoms with Crippen LogP contribution in [0.1, 0.15) is 12.8 Å². The molecule has 2 rings (SSSR count). The van der Waals surface area contributed by atoms with Gasteiger partial charge in [0.15, 0.2) is 0 Å². The second kappa shape index (κ2) is 7.24. The molecule has 1 aliphatic heterocycles. The molecule has 1 heterocycles. The number of carbonyl (C=O) groups is 2. The zero-order valence-corrected chi connectivity index (χ0v) is 13.8. The minimum atomic E-state index is -0.249. The second-order valence-corrected chi connectivity index (χ2v) is 6.45. The van der Waals surface area contributed by atoms with E-state index in [-0.39, 0.29) is 24.3 Å². The summed E-state index contributed by atoms with van der Waals surface area (Å²) in [5.41, 5.74) is 5.88. The van der Waals surface area contributed by atoms with Gasteiger partial charge in [-0.05, 0) is 44.1 Å². The highest BCUT2D eigenvalue weighted by atomic mass is 79.9. The fourth-order valence-corrected chi connectivity index (χ4v) is 3.08. The molecule has 3 N–H and O–H groups in total. The van der Waals surface area contributed by atoms with Crippen molar-refractivity contribution in [3.63, 3.8) is 0 Å². The molecule has 1 saturated heterocycles. The normalized spacial score (nSPS) is 16.7. The van der Waals surface area contributed by atoms with Crippen molar-refractivity contribution < 1.29 is 9.59 Å². The first kappa shape index (κ1) is 16.3. The molecule has 7 heteroatoms. The maximum Gasteiger partial charge on any atom is 0.238 e. The van der Waals surface area contributed by atoms with Gasteiger partial charge < -0.3 is 11.1 Å². The van der Waals surface area contributed by atoms with Crippen LogP contribution in [-0.2, 0) is 9.59 Å². The summed E-state index contributed by atoms with van der Waals surface area (Å²) in [4.78, 5) is 25.1. The van der Waals surface area contributed by atoms with E-state index in [1.807, 2.05) is 11.0 Å². The molecule has 1 aromatic rings. The number of nitrogens with two attached hydrogens (primary N) is 1. The molecule has 0 aliphatic carbocycles. The monoisotopic (exact) mass is 373 g/mol. The van der Waals surface area contributed by atoms with Crippen molar-refractivity contribution in [1.29, 1.82) is 0 Å². The SMILES string of the molecule is NC(=O)C1CCN(CC(=O)Nc2ccc(Br)cc2Cl)CC1. The van der Waals surface area contributed by atoms with E-state index in [0.29, 0.717) is 36.6 Å². The summed E-state index contributed by atoms with van der Waals surface area (Å²) in [6.07, 6.45) is 1.42. The van der Waals surface area contributed by atoms with Gasteiger partial charge in [-0.25, -0.2) is 0 Å². The Morgan fingerprint density at radius 1 is 1.38 bits per heavy atom. The third kappa shape index (κ3) is 4.69. The van der Waals surface area contributed by atoms with Gasteiger partial charge in [0.25, 0.3) is 0 Å². The second-order valence-electron chi connectivity index (χ2n) is 5.13. The lowest BCUT2D eigenvalue weighted by Crippen LogP contribution is -2.42. The molecule has 0 spiro atoms. The van der Waals surface area contributed by atoms with Crippen molar-refractivity contribution in [2.24, 2.45) is 11.7 Å². The Morgan fingerprint density at radius 3 is 2.62 bits per heavy atom. The number of hydrogen-bond donors (Lipinski definition) is 2. The number of carbonyl (C=O) groups excluding carboxylic acids is 2. The van der Waals surface area contributed by atoms with Crippen LogP contribution in [-0.4, -0.2) is 36.3 Å². The maximum absolute atomic E-state index is 12.0. The lowest BCUT2D eigenvalue weighted by molar-refractivity contribution is -0.123. The van der Waals surface area contributed by atoms with Crippen molar-refractivity contribution in [2.75, 3.05) is 25.0 Å². The Bertz CT molecular complexity index is 545. The summed E-state index contributed by atoms with van der Waals surface area (Å²) in [5, 5.41) is 3.28. The van der Waals surface area contributed by atoms with Gasteiger partial charge in [0.2, 0.25) is 11.8 Å². The molecule has 0 aromatic heterocycles. The van der Waals surface area contributed by atoms with Crippen LogP contribution in [0.15, 0.2) is 22.7 Å². The zero-order chi connectivity index (χ0) is 15.4. The van der Waals surface area contributed by atoms with E-state index < -0.39 is 0 Å². The quantitative estimate of drug-likeness (QED) is 0.848. The van der Waals surface area contributed by atoms with Crippen LogP contribution < -0.4 is 11.1 Å². The average Bonchev–Trinajstić information content (AvgIpc) is 2.42. The highest BCUT2D eigenvalue weighted by Gasteiger charge is 2.24. The third-order valence-electron chi connectivity index (χ3n) is 3.56. The highest BCUT2D eigenvalue weighted by molar-refractivity contribution is 9.10. The molecule has 114 valence electrons. The minimum absolute atomic E-state index is 0.0646. The lowest BCUT2D eigenvalue weighted by atomic mass is 9.96. The van der Waals surface area contributed by atoms with E-state index in [9.17, 15) is 9.59 Å². The van der Waals surface area contributed by atoms with Gasteiger partial charge in [-0.1, -0.05) is 27.5 Å². The van der Waals surface area contributed by atoms with Gasteiger partial charge in [0.1, 0.15) is 0 Å². The number of nitrogens with one attached hydrogen (secondary N) is 1. The molecule has 2 amide bonds. The average molecular weight is 375 g/mol. The molecule has 0 saturated carbocycles. The highest BCUT2D eigenvalue weighted by Crippen LogP contribution is 2.25. The molecular formula is C14H17BrClN3O2. The molecule has 5 nitrogen and oxygen atoms in total. The molecule has 0 atom stereocenters. The van der Waals surface area contributed by atoms with Gasteiger partial charge in [0.05, 0.1) is 17.3 Å². The summed E-state index contributed by atoms with van der Waals surface area (Å²) in [6.45, 7) is 1.70. The smallest absolute Gasteiger partial charge is 0.238 e. The van der Waals surface area contributed by atoms with E-state index in [0.717, 1.165) is 4.47 Å². The Hall–Kier alpha value is -1.11. The van der Waals surface area contributed by atoms with Gasteiger partial charge in [-0.2, -0.15) is 0 Å². The van der Waals surface area contributed by atoms with Crippen molar-refractivity contribution >= 4 is 45.0 Å². The largest absolute Gasteiger partial charge is 0.369 e. The van der Waals surface area contributed by atoms with E-state index in [2.05, 4.69) is 21.2 Å². The standard InChI is InChI=1S/C14H17BrClN3O2/c15-10-1-2-12(11(16)7-10)18-13(20)8-19-5-3-9(4-6-19)14(17)21/h1-2,7,9H,3-6,8H2,(H2,17,21)(H,18,20). The maximum atomic E-state index is 12.0. The number of anilines is 1. The summed E-state index contributed by atoms with van der Waals surface area (Å²) in [5.74, 6) is -0.428. The number of primary amides is 1. The van der Waals surface area contributed by atoms with E-state index in [1.54, 1.807) is 12.1 Å². The van der Waals surface area contributed by atoms with Crippen molar-refractivity contribution in [2.45, 2.75) is 12.8 Å². The number of piperidine rings is 1. The van der Waals surface area contributed by atoms with Gasteiger partial charge in [0, 0.05) is 10.4 Å². The van der Waals surface area contributed by atoms with Crippen LogP contribution in [0.5, 0.6) is 0 Å². The molecule has 1 aliphatic rings. The number of rotatable bonds is 4. The van der Waals surface area contributed by atoms with Crippen LogP contribution in [0.2, 0.25) is 5.02 Å². The number of benzene rings is 1. The number of halogens is 2. The zero-order valence-electron chi connectivity index (χ0n) is 11.4. The van der Waals surface area contributed by atoms with Crippen molar-refractivity contribution in [3.05, 3.63) is 27.7 Å². The number of nitrogens with zero attached hydrogens (tertiary/aromatic N) is 1. The van der Waals surface area contributed by atoms with Gasteiger partial charge in [-0.15, -0.1) is 0 Å². The van der Waals surface area contributed by atoms with Crippen LogP contribution in [0.25, 0.3) is 0 Å². The van der Waals surface area contributed by atoms with Crippen LogP contribution in [0.3, 0.4) is 0 Å². The van der Waals surface area contributed by atoms with Crippen LogP contribution in [0.4, 0.5) is 5.69 Å². The van der Waals surface area contributed by atoms with E-state index in [4.69, 9.17) is 17.3 Å². The van der Waals surface area contributed by atoms with Crippen molar-refractivity contribution in [1.82, 2.24) is 4.90 Å². The Labute approximate surface area is 136 Å². The fraction of sp³-hybridized carbons (Fsp3) is 0.429. The topological polar surface area (TPSA) is 75.4 Å². The first-order valence-electron chi connectivity index (χ1n) is 6.72. The molecule has 0 bridgehead atoms. The molecule has 0 radical (unpaired) electrons. The summed E-state index contributed by atoms with van der Waals surface area (Å²) >= 11 is 9.38. The molecule has 21 heavy (non-hydrogen) atoms. The van der Waals surface area contributed by atoms with E-state index in [1.165, 1.54) is 0 Å². The molecular weight excluding hydrogens is 358 g/mol. The first-order chi connectivity index (χ1) is 9.95. The Morgan fingerprint density at radius 2 is 2.05 bits per heavy atom. The number of amides is 2. The van der Waals surface area contributed by atoms with Crippen LogP contribution in [0, 0.1) is 5.92 Å². The van der Waals surface area contributed by atoms with Crippen LogP contribution >= 0.6 is 27.5 Å². The Kier molecular flexibility index (Phi) is 5.61. The molecule has 1 aromatic carbocycles. The minimum Gasteiger partial charge on any atom is -0.369 e.